The van der Waals surface area contributed by atoms with Crippen LogP contribution < -0.4 is 0 Å². The number of halogens is 1. The van der Waals surface area contributed by atoms with Crippen molar-refractivity contribution >= 4 is 39.5 Å². The van der Waals surface area contributed by atoms with E-state index in [0.29, 0.717) is 4.58 Å². The van der Waals surface area contributed by atoms with E-state index in [4.69, 9.17) is 0 Å². The van der Waals surface area contributed by atoms with Crippen LogP contribution in [-0.4, -0.2) is 11.5 Å². The molecule has 17 heavy (non-hydrogen) atoms. The van der Waals surface area contributed by atoms with Gasteiger partial charge in [-0.25, -0.2) is 0 Å². The molecule has 0 bridgehead atoms. The molecule has 0 aliphatic carbocycles. The molecule has 3 heteroatoms. The van der Waals surface area contributed by atoms with E-state index in [1.54, 1.807) is 0 Å². The summed E-state index contributed by atoms with van der Waals surface area (Å²) in [6.45, 7) is 4.70. The Kier molecular flexibility index (Phi) is 5.31. The lowest BCUT2D eigenvalue weighted by molar-refractivity contribution is 0.418. The Morgan fingerprint density at radius 1 is 1.24 bits per heavy atom. The quantitative estimate of drug-likeness (QED) is 0.708. The first-order valence-corrected chi connectivity index (χ1v) is 9.08. The number of thioether (sulfide) groups is 2. The van der Waals surface area contributed by atoms with Gasteiger partial charge in [-0.3, -0.25) is 0 Å². The Bertz CT molecular complexity index is 342. The standard InChI is InChI=1S/C14H19BrS2/c1-3-10(2)12-8-16-14(17-9-12)11-4-6-13(15)7-5-11/h4-7,10,12,14H,3,8-9H2,1-2H3. The number of rotatable bonds is 3. The van der Waals surface area contributed by atoms with Crippen LogP contribution in [0.25, 0.3) is 0 Å². The Morgan fingerprint density at radius 3 is 2.35 bits per heavy atom. The van der Waals surface area contributed by atoms with Crippen molar-refractivity contribution in [3.63, 3.8) is 0 Å². The van der Waals surface area contributed by atoms with Gasteiger partial charge in [0.15, 0.2) is 0 Å². The second kappa shape index (κ2) is 6.53. The van der Waals surface area contributed by atoms with Crippen molar-refractivity contribution in [2.24, 2.45) is 11.8 Å². The van der Waals surface area contributed by atoms with Gasteiger partial charge in [0.1, 0.15) is 0 Å². The van der Waals surface area contributed by atoms with Gasteiger partial charge in [-0.2, -0.15) is 0 Å². The maximum Gasteiger partial charge on any atom is 0.0751 e. The van der Waals surface area contributed by atoms with E-state index in [-0.39, 0.29) is 0 Å². The zero-order valence-corrected chi connectivity index (χ0v) is 13.6. The molecule has 0 radical (unpaired) electrons. The first-order valence-electron chi connectivity index (χ1n) is 6.19. The zero-order chi connectivity index (χ0) is 12.3. The van der Waals surface area contributed by atoms with Crippen LogP contribution in [-0.2, 0) is 0 Å². The normalized spacial score (nSPS) is 26.8. The van der Waals surface area contributed by atoms with Crippen LogP contribution in [0.2, 0.25) is 0 Å². The summed E-state index contributed by atoms with van der Waals surface area (Å²) < 4.78 is 1.81. The third-order valence-electron chi connectivity index (χ3n) is 3.51. The van der Waals surface area contributed by atoms with Gasteiger partial charge in [-0.15, -0.1) is 23.5 Å². The monoisotopic (exact) mass is 330 g/mol. The second-order valence-corrected chi connectivity index (χ2v) is 8.19. The molecule has 1 fully saturated rings. The van der Waals surface area contributed by atoms with Crippen LogP contribution in [0.1, 0.15) is 30.4 Å². The highest BCUT2D eigenvalue weighted by Gasteiger charge is 2.26. The molecule has 2 rings (SSSR count). The molecule has 1 aliphatic heterocycles. The van der Waals surface area contributed by atoms with Gasteiger partial charge in [-0.05, 0) is 41.0 Å². The fraction of sp³-hybridized carbons (Fsp3) is 0.571. The zero-order valence-electron chi connectivity index (χ0n) is 10.4. The highest BCUT2D eigenvalue weighted by Crippen LogP contribution is 2.47. The predicted molar refractivity (Wildman–Crippen MR) is 84.7 cm³/mol. The topological polar surface area (TPSA) is 0 Å². The van der Waals surface area contributed by atoms with E-state index >= 15 is 0 Å². The Hall–Kier alpha value is 0.400. The van der Waals surface area contributed by atoms with Crippen molar-refractivity contribution < 1.29 is 0 Å². The molecule has 0 aromatic heterocycles. The van der Waals surface area contributed by atoms with Gasteiger partial charge >= 0.3 is 0 Å². The molecule has 1 aromatic carbocycles. The maximum absolute atomic E-state index is 3.49. The van der Waals surface area contributed by atoms with Crippen molar-refractivity contribution in [2.75, 3.05) is 11.5 Å². The summed E-state index contributed by atoms with van der Waals surface area (Å²) in [5.74, 6) is 4.42. The van der Waals surface area contributed by atoms with Crippen LogP contribution >= 0.6 is 39.5 Å². The van der Waals surface area contributed by atoms with Crippen LogP contribution in [0.4, 0.5) is 0 Å². The summed E-state index contributed by atoms with van der Waals surface area (Å²) in [4.78, 5) is 0. The molecule has 0 saturated carbocycles. The molecule has 1 saturated heterocycles. The molecule has 1 aliphatic rings. The molecule has 1 aromatic rings. The van der Waals surface area contributed by atoms with E-state index in [9.17, 15) is 0 Å². The summed E-state index contributed by atoms with van der Waals surface area (Å²) in [7, 11) is 0. The summed E-state index contributed by atoms with van der Waals surface area (Å²) >= 11 is 7.74. The lowest BCUT2D eigenvalue weighted by atomic mass is 9.95. The number of hydrogen-bond acceptors (Lipinski definition) is 2. The first kappa shape index (κ1) is 13.8. The van der Waals surface area contributed by atoms with E-state index in [1.807, 2.05) is 0 Å². The van der Waals surface area contributed by atoms with E-state index in [2.05, 4.69) is 77.6 Å². The van der Waals surface area contributed by atoms with Crippen LogP contribution in [0.5, 0.6) is 0 Å². The molecule has 94 valence electrons. The lowest BCUT2D eigenvalue weighted by Crippen LogP contribution is -2.21. The minimum Gasteiger partial charge on any atom is -0.142 e. The van der Waals surface area contributed by atoms with Gasteiger partial charge in [0.05, 0.1) is 4.58 Å². The molecule has 0 nitrogen and oxygen atoms in total. The fourth-order valence-electron chi connectivity index (χ4n) is 1.99. The molecule has 1 heterocycles. The average molecular weight is 331 g/mol. The summed E-state index contributed by atoms with van der Waals surface area (Å²) in [6, 6.07) is 8.80. The Morgan fingerprint density at radius 2 is 1.82 bits per heavy atom. The number of hydrogen-bond donors (Lipinski definition) is 0. The molecule has 1 unspecified atom stereocenters. The van der Waals surface area contributed by atoms with Gasteiger partial charge in [0.2, 0.25) is 0 Å². The Balaban J connectivity index is 1.93. The van der Waals surface area contributed by atoms with Gasteiger partial charge in [0.25, 0.3) is 0 Å². The van der Waals surface area contributed by atoms with Crippen LogP contribution in [0.15, 0.2) is 28.7 Å². The minimum absolute atomic E-state index is 0.642. The number of benzene rings is 1. The van der Waals surface area contributed by atoms with E-state index < -0.39 is 0 Å². The Labute approximate surface area is 121 Å². The van der Waals surface area contributed by atoms with Crippen LogP contribution in [0, 0.1) is 11.8 Å². The fourth-order valence-corrected chi connectivity index (χ4v) is 5.70. The van der Waals surface area contributed by atoms with Crippen molar-refractivity contribution in [1.29, 1.82) is 0 Å². The highest BCUT2D eigenvalue weighted by molar-refractivity contribution is 9.10. The van der Waals surface area contributed by atoms with Crippen molar-refractivity contribution in [1.82, 2.24) is 0 Å². The molecular formula is C14H19BrS2. The molecule has 1 atom stereocenters. The first-order chi connectivity index (χ1) is 8.20. The van der Waals surface area contributed by atoms with E-state index in [1.165, 1.54) is 28.0 Å². The SMILES string of the molecule is CCC(C)C1CSC(c2ccc(Br)cc2)SC1. The molecule has 0 spiro atoms. The predicted octanol–water partition coefficient (Wildman–Crippen LogP) is 5.59. The lowest BCUT2D eigenvalue weighted by Gasteiger charge is -2.31. The summed E-state index contributed by atoms with van der Waals surface area (Å²) in [5, 5.41) is 0. The van der Waals surface area contributed by atoms with Crippen LogP contribution in [0.3, 0.4) is 0 Å². The third-order valence-corrected chi connectivity index (χ3v) is 7.25. The van der Waals surface area contributed by atoms with Crippen molar-refractivity contribution in [3.05, 3.63) is 34.3 Å². The highest BCUT2D eigenvalue weighted by atomic mass is 79.9. The average Bonchev–Trinajstić information content (AvgIpc) is 2.39. The van der Waals surface area contributed by atoms with Gasteiger partial charge in [0, 0.05) is 4.47 Å². The minimum atomic E-state index is 0.642. The maximum atomic E-state index is 3.49. The van der Waals surface area contributed by atoms with Crippen molar-refractivity contribution in [3.8, 4) is 0 Å². The van der Waals surface area contributed by atoms with Gasteiger partial charge in [-0.1, -0.05) is 48.3 Å². The van der Waals surface area contributed by atoms with E-state index in [0.717, 1.165) is 11.8 Å². The second-order valence-electron chi connectivity index (χ2n) is 4.70. The largest absolute Gasteiger partial charge is 0.142 e. The third kappa shape index (κ3) is 3.68. The summed E-state index contributed by atoms with van der Waals surface area (Å²) in [5.41, 5.74) is 1.46. The molecule has 0 N–H and O–H groups in total. The van der Waals surface area contributed by atoms with Gasteiger partial charge < -0.3 is 0 Å². The van der Waals surface area contributed by atoms with Crippen molar-refractivity contribution in [2.45, 2.75) is 24.9 Å². The molecule has 0 amide bonds. The smallest absolute Gasteiger partial charge is 0.0751 e. The summed E-state index contributed by atoms with van der Waals surface area (Å²) in [6.07, 6.45) is 1.31. The molecular weight excluding hydrogens is 312 g/mol.